The van der Waals surface area contributed by atoms with E-state index in [-0.39, 0.29) is 0 Å². The van der Waals surface area contributed by atoms with E-state index < -0.39 is 5.60 Å². The number of nitrogens with zero attached hydrogens (tertiary/aromatic N) is 1. The second kappa shape index (κ2) is 6.08. The van der Waals surface area contributed by atoms with Gasteiger partial charge in [0.2, 0.25) is 0 Å². The second-order valence-corrected chi connectivity index (χ2v) is 6.12. The molecule has 1 unspecified atom stereocenters. The van der Waals surface area contributed by atoms with E-state index in [4.69, 9.17) is 11.6 Å². The summed E-state index contributed by atoms with van der Waals surface area (Å²) in [6.07, 6.45) is 1.80. The maximum absolute atomic E-state index is 10.6. The van der Waals surface area contributed by atoms with Crippen molar-refractivity contribution >= 4 is 22.5 Å². The fourth-order valence-electron chi connectivity index (χ4n) is 2.47. The number of benzene rings is 2. The van der Waals surface area contributed by atoms with Crippen LogP contribution >= 0.6 is 11.6 Å². The fourth-order valence-corrected chi connectivity index (χ4v) is 2.66. The van der Waals surface area contributed by atoms with Crippen molar-refractivity contribution in [2.45, 2.75) is 19.1 Å². The van der Waals surface area contributed by atoms with E-state index in [1.165, 1.54) is 0 Å². The molecular weight excluding hydrogens is 298 g/mol. The van der Waals surface area contributed by atoms with E-state index in [1.54, 1.807) is 25.3 Å². The Morgan fingerprint density at radius 1 is 1.27 bits per heavy atom. The Bertz CT molecular complexity index is 782. The molecule has 1 heterocycles. The number of aromatic nitrogens is 2. The largest absolute Gasteiger partial charge is 0.384 e. The lowest BCUT2D eigenvalue weighted by molar-refractivity contribution is 0.0567. The zero-order valence-corrected chi connectivity index (χ0v) is 13.1. The highest BCUT2D eigenvalue weighted by Crippen LogP contribution is 2.23. The topological polar surface area (TPSA) is 60.9 Å². The molecule has 1 atom stereocenters. The summed E-state index contributed by atoms with van der Waals surface area (Å²) in [5.74, 6) is 0. The molecular formula is C17H18ClN3O. The van der Waals surface area contributed by atoms with Crippen molar-refractivity contribution in [1.82, 2.24) is 15.5 Å². The first kappa shape index (κ1) is 15.0. The van der Waals surface area contributed by atoms with Gasteiger partial charge < -0.3 is 10.4 Å². The van der Waals surface area contributed by atoms with E-state index in [1.807, 2.05) is 18.2 Å². The van der Waals surface area contributed by atoms with Crippen molar-refractivity contribution in [3.63, 3.8) is 0 Å². The van der Waals surface area contributed by atoms with E-state index in [0.29, 0.717) is 18.1 Å². The number of aromatic amines is 1. The van der Waals surface area contributed by atoms with Crippen LogP contribution in [0.5, 0.6) is 0 Å². The van der Waals surface area contributed by atoms with Gasteiger partial charge in [-0.3, -0.25) is 5.10 Å². The summed E-state index contributed by atoms with van der Waals surface area (Å²) in [4.78, 5) is 0. The normalized spacial score (nSPS) is 14.1. The summed E-state index contributed by atoms with van der Waals surface area (Å²) in [5.41, 5.74) is 1.99. The zero-order valence-electron chi connectivity index (χ0n) is 12.3. The molecule has 0 radical (unpaired) electrons. The Labute approximate surface area is 134 Å². The molecule has 0 fully saturated rings. The van der Waals surface area contributed by atoms with Gasteiger partial charge in [-0.25, -0.2) is 0 Å². The van der Waals surface area contributed by atoms with Gasteiger partial charge in [-0.1, -0.05) is 35.9 Å². The third-order valence-electron chi connectivity index (χ3n) is 3.75. The predicted molar refractivity (Wildman–Crippen MR) is 88.8 cm³/mol. The third kappa shape index (κ3) is 3.30. The van der Waals surface area contributed by atoms with Crippen LogP contribution in [0, 0.1) is 0 Å². The monoisotopic (exact) mass is 315 g/mol. The lowest BCUT2D eigenvalue weighted by Gasteiger charge is -2.24. The zero-order chi connectivity index (χ0) is 15.6. The summed E-state index contributed by atoms with van der Waals surface area (Å²) >= 11 is 5.98. The van der Waals surface area contributed by atoms with Crippen molar-refractivity contribution in [1.29, 1.82) is 0 Å². The first-order valence-corrected chi connectivity index (χ1v) is 7.53. The molecule has 0 saturated heterocycles. The summed E-state index contributed by atoms with van der Waals surface area (Å²) in [7, 11) is 0. The van der Waals surface area contributed by atoms with Gasteiger partial charge >= 0.3 is 0 Å². The van der Waals surface area contributed by atoms with E-state index in [0.717, 1.165) is 22.0 Å². The highest BCUT2D eigenvalue weighted by atomic mass is 35.5. The highest BCUT2D eigenvalue weighted by Gasteiger charge is 2.22. The van der Waals surface area contributed by atoms with Crippen molar-refractivity contribution in [3.05, 3.63) is 64.8 Å². The molecule has 0 amide bonds. The molecule has 0 aliphatic heterocycles. The predicted octanol–water partition coefficient (Wildman–Crippen LogP) is 3.21. The average molecular weight is 316 g/mol. The smallest absolute Gasteiger partial charge is 0.0992 e. The lowest BCUT2D eigenvalue weighted by Crippen LogP contribution is -2.35. The molecule has 3 aromatic rings. The third-order valence-corrected chi connectivity index (χ3v) is 3.99. The molecule has 2 aromatic carbocycles. The first-order valence-electron chi connectivity index (χ1n) is 7.16. The van der Waals surface area contributed by atoms with Gasteiger partial charge in [0.25, 0.3) is 0 Å². The quantitative estimate of drug-likeness (QED) is 0.677. The van der Waals surface area contributed by atoms with Gasteiger partial charge in [-0.2, -0.15) is 5.10 Å². The van der Waals surface area contributed by atoms with Gasteiger partial charge in [0.05, 0.1) is 17.3 Å². The minimum Gasteiger partial charge on any atom is -0.384 e. The van der Waals surface area contributed by atoms with Crippen LogP contribution < -0.4 is 5.32 Å². The Hall–Kier alpha value is -1.88. The molecule has 22 heavy (non-hydrogen) atoms. The Morgan fingerprint density at radius 2 is 2.14 bits per heavy atom. The first-order chi connectivity index (χ1) is 10.5. The minimum absolute atomic E-state index is 0.439. The van der Waals surface area contributed by atoms with E-state index in [9.17, 15) is 5.11 Å². The van der Waals surface area contributed by atoms with Crippen LogP contribution in [0.1, 0.15) is 18.1 Å². The van der Waals surface area contributed by atoms with Crippen molar-refractivity contribution in [2.24, 2.45) is 0 Å². The molecule has 3 rings (SSSR count). The Balaban J connectivity index is 1.64. The number of nitrogens with one attached hydrogen (secondary N) is 2. The van der Waals surface area contributed by atoms with Crippen LogP contribution in [0.3, 0.4) is 0 Å². The number of hydrogen-bond acceptors (Lipinski definition) is 3. The molecule has 0 spiro atoms. The molecule has 3 N–H and O–H groups in total. The maximum Gasteiger partial charge on any atom is 0.0992 e. The number of rotatable bonds is 5. The van der Waals surface area contributed by atoms with Crippen LogP contribution in [0.4, 0.5) is 0 Å². The SMILES string of the molecule is CC(O)(CNCc1ccc2cn[nH]c2c1)c1cccc(Cl)c1. The number of aliphatic hydroxyl groups is 1. The molecule has 0 aliphatic rings. The van der Waals surface area contributed by atoms with Crippen LogP contribution in [-0.4, -0.2) is 21.8 Å². The van der Waals surface area contributed by atoms with Gasteiger partial charge in [0, 0.05) is 23.5 Å². The molecule has 0 bridgehead atoms. The van der Waals surface area contributed by atoms with Gasteiger partial charge in [-0.15, -0.1) is 0 Å². The van der Waals surface area contributed by atoms with Crippen LogP contribution in [-0.2, 0) is 12.1 Å². The van der Waals surface area contributed by atoms with Crippen LogP contribution in [0.15, 0.2) is 48.7 Å². The second-order valence-electron chi connectivity index (χ2n) is 5.68. The number of hydrogen-bond donors (Lipinski definition) is 3. The highest BCUT2D eigenvalue weighted by molar-refractivity contribution is 6.30. The lowest BCUT2D eigenvalue weighted by atomic mass is 9.96. The summed E-state index contributed by atoms with van der Waals surface area (Å²) in [6, 6.07) is 13.5. The van der Waals surface area contributed by atoms with Gasteiger partial charge in [0.15, 0.2) is 0 Å². The molecule has 5 heteroatoms. The molecule has 114 valence electrons. The summed E-state index contributed by atoms with van der Waals surface area (Å²) < 4.78 is 0. The Morgan fingerprint density at radius 3 is 2.95 bits per heavy atom. The van der Waals surface area contributed by atoms with Crippen LogP contribution in [0.25, 0.3) is 10.9 Å². The van der Waals surface area contributed by atoms with Gasteiger partial charge in [0.1, 0.15) is 0 Å². The van der Waals surface area contributed by atoms with Crippen molar-refractivity contribution in [2.75, 3.05) is 6.54 Å². The molecule has 0 saturated carbocycles. The fraction of sp³-hybridized carbons (Fsp3) is 0.235. The minimum atomic E-state index is -0.969. The van der Waals surface area contributed by atoms with Crippen molar-refractivity contribution in [3.8, 4) is 0 Å². The average Bonchev–Trinajstić information content (AvgIpc) is 2.94. The van der Waals surface area contributed by atoms with Crippen molar-refractivity contribution < 1.29 is 5.11 Å². The summed E-state index contributed by atoms with van der Waals surface area (Å²) in [5, 5.41) is 22.6. The molecule has 1 aromatic heterocycles. The number of H-pyrrole nitrogens is 1. The van der Waals surface area contributed by atoms with Gasteiger partial charge in [-0.05, 0) is 36.2 Å². The molecule has 0 aliphatic carbocycles. The van der Waals surface area contributed by atoms with Crippen LogP contribution in [0.2, 0.25) is 5.02 Å². The van der Waals surface area contributed by atoms with E-state index >= 15 is 0 Å². The van der Waals surface area contributed by atoms with E-state index in [2.05, 4.69) is 27.6 Å². The Kier molecular flexibility index (Phi) is 4.16. The number of fused-ring (bicyclic) bond motifs is 1. The standard InChI is InChI=1S/C17H18ClN3O/c1-17(22,14-3-2-4-15(18)8-14)11-19-9-12-5-6-13-10-20-21-16(13)7-12/h2-8,10,19,22H,9,11H2,1H3,(H,20,21). The molecule has 4 nitrogen and oxygen atoms in total. The maximum atomic E-state index is 10.6. The number of halogens is 1. The summed E-state index contributed by atoms with van der Waals surface area (Å²) in [6.45, 7) is 2.89.